The fourth-order valence-electron chi connectivity index (χ4n) is 4.21. The third kappa shape index (κ3) is 4.65. The molecule has 8 nitrogen and oxygen atoms in total. The number of hydrogen-bond donors (Lipinski definition) is 2. The Morgan fingerprint density at radius 2 is 1.79 bits per heavy atom. The molecule has 3 aromatic rings. The van der Waals surface area contributed by atoms with Crippen molar-refractivity contribution in [2.24, 2.45) is 5.41 Å². The highest BCUT2D eigenvalue weighted by atomic mass is 32.2. The van der Waals surface area contributed by atoms with Gasteiger partial charge in [-0.15, -0.1) is 11.8 Å². The molecule has 1 spiro atoms. The van der Waals surface area contributed by atoms with E-state index in [9.17, 15) is 13.2 Å². The number of thioether (sulfide) groups is 1. The molecule has 2 N–H and O–H groups in total. The van der Waals surface area contributed by atoms with E-state index in [1.807, 2.05) is 18.4 Å². The number of ether oxygens (including phenoxy) is 1. The quantitative estimate of drug-likeness (QED) is 0.469. The van der Waals surface area contributed by atoms with Crippen LogP contribution in [-0.4, -0.2) is 63.6 Å². The minimum atomic E-state index is -4.39. The normalized spacial score (nSPS) is 18.1. The maximum atomic E-state index is 13.8. The number of hydrogen-bond acceptors (Lipinski definition) is 9. The first-order valence-corrected chi connectivity index (χ1v) is 11.8. The number of anilines is 4. The molecule has 12 heteroatoms. The maximum Gasteiger partial charge on any atom is 0.408 e. The van der Waals surface area contributed by atoms with Crippen molar-refractivity contribution in [1.82, 2.24) is 24.8 Å². The zero-order chi connectivity index (χ0) is 23.8. The van der Waals surface area contributed by atoms with Gasteiger partial charge in [0.15, 0.2) is 0 Å². The van der Waals surface area contributed by atoms with Gasteiger partial charge in [0, 0.05) is 41.9 Å². The second-order valence-corrected chi connectivity index (χ2v) is 9.26. The maximum absolute atomic E-state index is 13.8. The van der Waals surface area contributed by atoms with Gasteiger partial charge in [-0.25, -0.2) is 19.9 Å². The van der Waals surface area contributed by atoms with E-state index in [2.05, 4.69) is 30.6 Å². The van der Waals surface area contributed by atoms with E-state index in [4.69, 9.17) is 4.74 Å². The molecule has 0 radical (unpaired) electrons. The van der Waals surface area contributed by atoms with Gasteiger partial charge in [0.05, 0.1) is 13.2 Å². The Morgan fingerprint density at radius 3 is 2.41 bits per heavy atom. The van der Waals surface area contributed by atoms with Crippen LogP contribution < -0.4 is 10.6 Å². The number of rotatable bonds is 7. The lowest BCUT2D eigenvalue weighted by atomic mass is 9.76. The predicted molar refractivity (Wildman–Crippen MR) is 122 cm³/mol. The summed E-state index contributed by atoms with van der Waals surface area (Å²) in [6.07, 6.45) is 1.89. The molecule has 0 aromatic carbocycles. The van der Waals surface area contributed by atoms with Crippen molar-refractivity contribution < 1.29 is 17.9 Å². The van der Waals surface area contributed by atoms with E-state index in [1.54, 1.807) is 24.0 Å². The van der Waals surface area contributed by atoms with Crippen LogP contribution in [0.15, 0.2) is 53.9 Å². The first-order valence-electron chi connectivity index (χ1n) is 10.5. The molecule has 0 amide bonds. The van der Waals surface area contributed by atoms with E-state index in [-0.39, 0.29) is 11.0 Å². The van der Waals surface area contributed by atoms with Crippen LogP contribution in [-0.2, 0) is 4.74 Å². The zero-order valence-electron chi connectivity index (χ0n) is 18.2. The number of likely N-dealkylation sites (tertiary alicyclic amines) is 1. The Kier molecular flexibility index (Phi) is 6.04. The van der Waals surface area contributed by atoms with E-state index >= 15 is 0 Å². The lowest BCUT2D eigenvalue weighted by Crippen LogP contribution is -2.67. The van der Waals surface area contributed by atoms with Crippen LogP contribution in [0.25, 0.3) is 0 Å². The van der Waals surface area contributed by atoms with Crippen LogP contribution >= 0.6 is 11.8 Å². The molecule has 5 rings (SSSR count). The molecule has 0 bridgehead atoms. The average Bonchev–Trinajstić information content (AvgIpc) is 2.75. The molecule has 0 saturated carbocycles. The van der Waals surface area contributed by atoms with Crippen molar-refractivity contribution in [2.75, 3.05) is 43.2 Å². The van der Waals surface area contributed by atoms with E-state index in [0.717, 1.165) is 4.90 Å². The molecule has 2 aliphatic heterocycles. The van der Waals surface area contributed by atoms with Crippen LogP contribution in [0.4, 0.5) is 36.4 Å². The largest absolute Gasteiger partial charge is 0.408 e. The van der Waals surface area contributed by atoms with Gasteiger partial charge in [-0.05, 0) is 30.0 Å². The molecule has 5 heterocycles. The highest BCUT2D eigenvalue weighted by molar-refractivity contribution is 7.98. The third-order valence-corrected chi connectivity index (χ3v) is 6.60. The topological polar surface area (TPSA) is 88.1 Å². The van der Waals surface area contributed by atoms with Gasteiger partial charge >= 0.3 is 6.18 Å². The molecule has 2 saturated heterocycles. The molecule has 34 heavy (non-hydrogen) atoms. The Bertz CT molecular complexity index is 1150. The molecule has 1 atom stereocenters. The molecule has 2 aliphatic rings. The van der Waals surface area contributed by atoms with Crippen LogP contribution in [0, 0.1) is 5.41 Å². The van der Waals surface area contributed by atoms with E-state index in [1.165, 1.54) is 29.6 Å². The van der Waals surface area contributed by atoms with Gasteiger partial charge in [-0.1, -0.05) is 6.07 Å². The second-order valence-electron chi connectivity index (χ2n) is 8.41. The third-order valence-electron chi connectivity index (χ3n) is 5.83. The second kappa shape index (κ2) is 9.01. The number of nitrogens with zero attached hydrogens (tertiary/aromatic N) is 5. The highest BCUT2D eigenvalue weighted by Crippen LogP contribution is 2.47. The fourth-order valence-corrected chi connectivity index (χ4v) is 4.73. The van der Waals surface area contributed by atoms with Gasteiger partial charge in [-0.2, -0.15) is 13.2 Å². The minimum Gasteiger partial charge on any atom is -0.380 e. The number of aromatic nitrogens is 4. The predicted octanol–water partition coefficient (Wildman–Crippen LogP) is 4.41. The molecular weight excluding hydrogens is 467 g/mol. The van der Waals surface area contributed by atoms with Crippen LogP contribution in [0.5, 0.6) is 0 Å². The van der Waals surface area contributed by atoms with Crippen molar-refractivity contribution in [2.45, 2.75) is 17.1 Å². The molecule has 0 aliphatic carbocycles. The molecule has 178 valence electrons. The standard InChI is InChI=1S/C22H22F3N7OS/c1-34-15-3-2-6-26-20(15)31-18-7-17(28-13-29-18)30-16-5-4-14(8-27-16)19(22(23,24)25)32-9-21(10-32)11-33-12-21/h2-8,13,19H,9-12H2,1H3,(H2,26,27,28,29,30,31). The first-order chi connectivity index (χ1) is 16.4. The van der Waals surface area contributed by atoms with E-state index < -0.39 is 12.2 Å². The highest BCUT2D eigenvalue weighted by Gasteiger charge is 2.56. The summed E-state index contributed by atoms with van der Waals surface area (Å²) in [7, 11) is 0. The zero-order valence-corrected chi connectivity index (χ0v) is 19.0. The number of halogens is 3. The van der Waals surface area contributed by atoms with Gasteiger partial charge in [-0.3, -0.25) is 4.90 Å². The van der Waals surface area contributed by atoms with Crippen molar-refractivity contribution in [3.8, 4) is 0 Å². The minimum absolute atomic E-state index is 0.108. The number of alkyl halides is 3. The number of nitrogens with one attached hydrogen (secondary N) is 2. The fraction of sp³-hybridized carbons (Fsp3) is 0.364. The van der Waals surface area contributed by atoms with Crippen LogP contribution in [0.1, 0.15) is 11.6 Å². The smallest absolute Gasteiger partial charge is 0.380 e. The van der Waals surface area contributed by atoms with Crippen LogP contribution in [0.3, 0.4) is 0 Å². The summed E-state index contributed by atoms with van der Waals surface area (Å²) in [4.78, 5) is 19.3. The lowest BCUT2D eigenvalue weighted by Gasteiger charge is -2.57. The summed E-state index contributed by atoms with van der Waals surface area (Å²) >= 11 is 1.56. The van der Waals surface area contributed by atoms with Gasteiger partial charge in [0.1, 0.15) is 35.6 Å². The Morgan fingerprint density at radius 1 is 1.03 bits per heavy atom. The Labute approximate surface area is 198 Å². The summed E-state index contributed by atoms with van der Waals surface area (Å²) in [6, 6.07) is 6.77. The Hall–Kier alpha value is -2.96. The summed E-state index contributed by atoms with van der Waals surface area (Å²) < 4.78 is 46.7. The van der Waals surface area contributed by atoms with Crippen molar-refractivity contribution >= 4 is 35.0 Å². The Balaban J connectivity index is 1.28. The summed E-state index contributed by atoms with van der Waals surface area (Å²) in [5.41, 5.74) is 0.00109. The molecule has 3 aromatic heterocycles. The summed E-state index contributed by atoms with van der Waals surface area (Å²) in [5.74, 6) is 2.01. The van der Waals surface area contributed by atoms with Crippen molar-refractivity contribution in [3.63, 3.8) is 0 Å². The monoisotopic (exact) mass is 489 g/mol. The van der Waals surface area contributed by atoms with Crippen LogP contribution in [0.2, 0.25) is 0 Å². The van der Waals surface area contributed by atoms with Gasteiger partial charge in [0.25, 0.3) is 0 Å². The molecule has 2 fully saturated rings. The van der Waals surface area contributed by atoms with Gasteiger partial charge < -0.3 is 15.4 Å². The lowest BCUT2D eigenvalue weighted by molar-refractivity contribution is -0.252. The average molecular weight is 490 g/mol. The first kappa shape index (κ1) is 22.8. The summed E-state index contributed by atoms with van der Waals surface area (Å²) in [5, 5.41) is 6.16. The van der Waals surface area contributed by atoms with E-state index in [0.29, 0.717) is 49.6 Å². The van der Waals surface area contributed by atoms with Crippen molar-refractivity contribution in [1.29, 1.82) is 0 Å². The van der Waals surface area contributed by atoms with Gasteiger partial charge in [0.2, 0.25) is 0 Å². The summed E-state index contributed by atoms with van der Waals surface area (Å²) in [6.45, 7) is 1.82. The molecule has 1 unspecified atom stereocenters. The number of pyridine rings is 2. The molecular formula is C22H22F3N7OS. The SMILES string of the molecule is CSc1cccnc1Nc1cc(Nc2ccc(C(N3CC4(COC4)C3)C(F)(F)F)cn2)ncn1. The van der Waals surface area contributed by atoms with Crippen molar-refractivity contribution in [3.05, 3.63) is 54.6 Å².